The lowest BCUT2D eigenvalue weighted by Gasteiger charge is -2.11. The maximum Gasteiger partial charge on any atom is 0.418 e. The molecule has 0 aliphatic heterocycles. The van der Waals surface area contributed by atoms with Gasteiger partial charge in [0.2, 0.25) is 0 Å². The van der Waals surface area contributed by atoms with Crippen LogP contribution < -0.4 is 5.32 Å². The molecule has 3 aromatic rings. The van der Waals surface area contributed by atoms with Crippen LogP contribution in [0.25, 0.3) is 5.52 Å². The summed E-state index contributed by atoms with van der Waals surface area (Å²) in [5.41, 5.74) is 0.129. The number of carbonyl (C=O) groups excluding carboxylic acids is 1. The summed E-state index contributed by atoms with van der Waals surface area (Å²) in [7, 11) is 0. The maximum atomic E-state index is 12.9. The lowest BCUT2D eigenvalue weighted by atomic mass is 10.1. The molecule has 8 heteroatoms. The van der Waals surface area contributed by atoms with Crippen molar-refractivity contribution in [3.63, 3.8) is 0 Å². The molecule has 124 valence electrons. The van der Waals surface area contributed by atoms with Crippen molar-refractivity contribution in [1.29, 1.82) is 0 Å². The Labute approximate surface area is 135 Å². The molecule has 0 spiro atoms. The van der Waals surface area contributed by atoms with Crippen LogP contribution in [-0.4, -0.2) is 26.8 Å². The molecule has 0 atom stereocenters. The van der Waals surface area contributed by atoms with Crippen LogP contribution in [0.4, 0.5) is 13.2 Å². The molecule has 0 unspecified atom stereocenters. The van der Waals surface area contributed by atoms with E-state index in [1.165, 1.54) is 18.6 Å². The van der Waals surface area contributed by atoms with E-state index in [-0.39, 0.29) is 24.4 Å². The predicted octanol–water partition coefficient (Wildman–Crippen LogP) is 2.72. The average molecular weight is 334 g/mol. The van der Waals surface area contributed by atoms with Gasteiger partial charge in [-0.25, -0.2) is 4.98 Å². The summed E-state index contributed by atoms with van der Waals surface area (Å²) in [6.07, 6.45) is 0.118. The van der Waals surface area contributed by atoms with Crippen molar-refractivity contribution >= 4 is 11.4 Å². The Morgan fingerprint density at radius 1 is 1.21 bits per heavy atom. The first kappa shape index (κ1) is 16.0. The van der Waals surface area contributed by atoms with E-state index in [0.717, 1.165) is 11.6 Å². The second-order valence-electron chi connectivity index (χ2n) is 5.12. The first-order valence-electron chi connectivity index (χ1n) is 7.17. The Balaban J connectivity index is 1.65. The lowest BCUT2D eigenvalue weighted by molar-refractivity contribution is -0.138. The van der Waals surface area contributed by atoms with E-state index in [1.54, 1.807) is 16.7 Å². The van der Waals surface area contributed by atoms with Gasteiger partial charge in [0, 0.05) is 30.9 Å². The molecule has 3 rings (SSSR count). The Morgan fingerprint density at radius 3 is 2.83 bits per heavy atom. The lowest BCUT2D eigenvalue weighted by Crippen LogP contribution is -2.27. The number of rotatable bonds is 4. The minimum absolute atomic E-state index is 0.0191. The Morgan fingerprint density at radius 2 is 2.04 bits per heavy atom. The highest BCUT2D eigenvalue weighted by molar-refractivity contribution is 5.93. The summed E-state index contributed by atoms with van der Waals surface area (Å²) in [6, 6.07) is 7.46. The molecule has 0 radical (unpaired) electrons. The number of aromatic nitrogens is 3. The number of nitrogens with zero attached hydrogens (tertiary/aromatic N) is 3. The maximum absolute atomic E-state index is 12.9. The monoisotopic (exact) mass is 334 g/mol. The molecule has 3 heterocycles. The number of hydrogen-bond donors (Lipinski definition) is 1. The third-order valence-corrected chi connectivity index (χ3v) is 3.49. The zero-order chi connectivity index (χ0) is 17.2. The molecule has 1 amide bonds. The van der Waals surface area contributed by atoms with Crippen molar-refractivity contribution in [2.24, 2.45) is 0 Å². The highest BCUT2D eigenvalue weighted by Gasteiger charge is 2.33. The van der Waals surface area contributed by atoms with Crippen molar-refractivity contribution in [2.75, 3.05) is 6.54 Å². The number of fused-ring (bicyclic) bond motifs is 1. The minimum atomic E-state index is -4.46. The van der Waals surface area contributed by atoms with Gasteiger partial charge in [0.1, 0.15) is 5.69 Å². The first-order valence-corrected chi connectivity index (χ1v) is 7.17. The number of hydrogen-bond acceptors (Lipinski definition) is 3. The van der Waals surface area contributed by atoms with Gasteiger partial charge >= 0.3 is 6.18 Å². The topological polar surface area (TPSA) is 59.3 Å². The summed E-state index contributed by atoms with van der Waals surface area (Å²) < 4.78 is 40.4. The van der Waals surface area contributed by atoms with Crippen LogP contribution in [0.3, 0.4) is 0 Å². The molecule has 5 nitrogen and oxygen atoms in total. The highest BCUT2D eigenvalue weighted by Crippen LogP contribution is 2.30. The van der Waals surface area contributed by atoms with Crippen molar-refractivity contribution in [1.82, 2.24) is 19.7 Å². The van der Waals surface area contributed by atoms with Crippen LogP contribution >= 0.6 is 0 Å². The fraction of sp³-hybridized carbons (Fsp3) is 0.188. The number of amides is 1. The van der Waals surface area contributed by atoms with Gasteiger partial charge in [-0.15, -0.1) is 0 Å². The second-order valence-corrected chi connectivity index (χ2v) is 5.12. The number of carbonyl (C=O) groups is 1. The van der Waals surface area contributed by atoms with E-state index >= 15 is 0 Å². The Hall–Kier alpha value is -2.90. The zero-order valence-corrected chi connectivity index (χ0v) is 12.4. The van der Waals surface area contributed by atoms with Crippen LogP contribution in [0, 0.1) is 0 Å². The molecule has 0 saturated carbocycles. The van der Waals surface area contributed by atoms with Crippen LogP contribution in [0.5, 0.6) is 0 Å². The SMILES string of the molecule is O=C(NCCc1ncccc1C(F)(F)F)c1cc2cccn2cn1. The van der Waals surface area contributed by atoms with Crippen LogP contribution in [-0.2, 0) is 12.6 Å². The second kappa shape index (κ2) is 6.31. The van der Waals surface area contributed by atoms with Gasteiger partial charge in [0.05, 0.1) is 17.6 Å². The Bertz CT molecular complexity index is 873. The third kappa shape index (κ3) is 3.37. The van der Waals surface area contributed by atoms with Crippen molar-refractivity contribution in [3.8, 4) is 0 Å². The minimum Gasteiger partial charge on any atom is -0.350 e. The molecule has 0 saturated heterocycles. The molecular weight excluding hydrogens is 321 g/mol. The highest BCUT2D eigenvalue weighted by atomic mass is 19.4. The van der Waals surface area contributed by atoms with Crippen molar-refractivity contribution in [2.45, 2.75) is 12.6 Å². The molecule has 0 bridgehead atoms. The number of halogens is 3. The molecule has 24 heavy (non-hydrogen) atoms. The van der Waals surface area contributed by atoms with E-state index in [2.05, 4.69) is 15.3 Å². The molecule has 0 aromatic carbocycles. The Kier molecular flexibility index (Phi) is 4.20. The first-order chi connectivity index (χ1) is 11.4. The number of nitrogens with one attached hydrogen (secondary N) is 1. The quantitative estimate of drug-likeness (QED) is 0.798. The van der Waals surface area contributed by atoms with Gasteiger partial charge in [-0.05, 0) is 30.3 Å². The average Bonchev–Trinajstić information content (AvgIpc) is 3.01. The zero-order valence-electron chi connectivity index (χ0n) is 12.4. The van der Waals surface area contributed by atoms with Crippen molar-refractivity contribution < 1.29 is 18.0 Å². The van der Waals surface area contributed by atoms with E-state index < -0.39 is 17.6 Å². The van der Waals surface area contributed by atoms with Gasteiger partial charge in [0.25, 0.3) is 5.91 Å². The van der Waals surface area contributed by atoms with Crippen LogP contribution in [0.1, 0.15) is 21.7 Å². The summed E-state index contributed by atoms with van der Waals surface area (Å²) in [5, 5.41) is 2.56. The molecule has 0 aliphatic carbocycles. The van der Waals surface area contributed by atoms with E-state index in [1.807, 2.05) is 12.1 Å². The molecule has 0 fully saturated rings. The largest absolute Gasteiger partial charge is 0.418 e. The predicted molar refractivity (Wildman–Crippen MR) is 80.5 cm³/mol. The third-order valence-electron chi connectivity index (χ3n) is 3.49. The summed E-state index contributed by atoms with van der Waals surface area (Å²) in [5.74, 6) is -0.441. The van der Waals surface area contributed by atoms with E-state index in [0.29, 0.717) is 0 Å². The fourth-order valence-corrected chi connectivity index (χ4v) is 2.34. The van der Waals surface area contributed by atoms with Crippen LogP contribution in [0.15, 0.2) is 49.1 Å². The summed E-state index contributed by atoms with van der Waals surface area (Å²) in [4.78, 5) is 19.8. The van der Waals surface area contributed by atoms with Crippen LogP contribution in [0.2, 0.25) is 0 Å². The van der Waals surface area contributed by atoms with Gasteiger partial charge < -0.3 is 9.72 Å². The number of alkyl halides is 3. The normalized spacial score (nSPS) is 11.6. The summed E-state index contributed by atoms with van der Waals surface area (Å²) >= 11 is 0. The fourth-order valence-electron chi connectivity index (χ4n) is 2.34. The molecular formula is C16H13F3N4O. The molecule has 0 aliphatic rings. The van der Waals surface area contributed by atoms with Gasteiger partial charge in [-0.3, -0.25) is 9.78 Å². The van der Waals surface area contributed by atoms with Gasteiger partial charge in [-0.1, -0.05) is 0 Å². The van der Waals surface area contributed by atoms with Gasteiger partial charge in [-0.2, -0.15) is 13.2 Å². The summed E-state index contributed by atoms with van der Waals surface area (Å²) in [6.45, 7) is 0.0345. The van der Waals surface area contributed by atoms with E-state index in [4.69, 9.17) is 0 Å². The van der Waals surface area contributed by atoms with Crippen molar-refractivity contribution in [3.05, 3.63) is 66.0 Å². The molecule has 3 aromatic heterocycles. The van der Waals surface area contributed by atoms with E-state index in [9.17, 15) is 18.0 Å². The smallest absolute Gasteiger partial charge is 0.350 e. The molecule has 1 N–H and O–H groups in total. The number of pyridine rings is 1. The standard InChI is InChI=1S/C16H13F3N4O/c17-16(18,19)12-4-1-6-20-13(12)5-7-21-15(24)14-9-11-3-2-8-23(11)10-22-14/h1-4,6,8-10H,5,7H2,(H,21,24). The van der Waals surface area contributed by atoms with Gasteiger partial charge in [0.15, 0.2) is 0 Å².